The van der Waals surface area contributed by atoms with Crippen molar-refractivity contribution in [3.8, 4) is 24.3 Å². The number of carbonyl (C=O) groups is 1. The van der Waals surface area contributed by atoms with Gasteiger partial charge in [0.05, 0.1) is 36.1 Å². The number of nitriles is 4. The first-order valence-corrected chi connectivity index (χ1v) is 6.41. The molecule has 0 bridgehead atoms. The minimum absolute atomic E-state index is 0.396. The van der Waals surface area contributed by atoms with E-state index in [9.17, 15) is 4.79 Å². The number of hydrogen-bond donors (Lipinski definition) is 1. The van der Waals surface area contributed by atoms with Crippen LogP contribution in [0.1, 0.15) is 38.5 Å². The van der Waals surface area contributed by atoms with Crippen LogP contribution in [0, 0.1) is 63.1 Å². The van der Waals surface area contributed by atoms with Gasteiger partial charge in [-0.1, -0.05) is 19.3 Å². The van der Waals surface area contributed by atoms with Gasteiger partial charge < -0.3 is 5.11 Å². The van der Waals surface area contributed by atoms with E-state index in [1.165, 1.54) is 0 Å². The molecule has 20 heavy (non-hydrogen) atoms. The van der Waals surface area contributed by atoms with Gasteiger partial charge in [-0.2, -0.15) is 21.0 Å². The van der Waals surface area contributed by atoms with Gasteiger partial charge in [0.25, 0.3) is 0 Å². The Hall–Kier alpha value is -2.57. The second-order valence-electron chi connectivity index (χ2n) is 4.45. The number of rotatable bonds is 9. The molecule has 1 N–H and O–H groups in total. The standard InChI is InChI=1S/C14H16N4O2/c15-7-5-3-1-2-4-6-11(8-16)12(9-17)13(10-18)14(19)20/h11-13H,1-6H2,(H,19,20). The van der Waals surface area contributed by atoms with Crippen molar-refractivity contribution in [2.24, 2.45) is 17.8 Å². The van der Waals surface area contributed by atoms with Crippen LogP contribution >= 0.6 is 0 Å². The van der Waals surface area contributed by atoms with E-state index >= 15 is 0 Å². The van der Waals surface area contributed by atoms with Gasteiger partial charge in [-0.05, 0) is 12.8 Å². The molecule has 3 unspecified atom stereocenters. The Morgan fingerprint density at radius 2 is 1.60 bits per heavy atom. The van der Waals surface area contributed by atoms with Crippen LogP contribution in [-0.4, -0.2) is 11.1 Å². The van der Waals surface area contributed by atoms with Crippen molar-refractivity contribution in [1.82, 2.24) is 0 Å². The number of hydrogen-bond acceptors (Lipinski definition) is 5. The smallest absolute Gasteiger partial charge is 0.322 e. The fourth-order valence-electron chi connectivity index (χ4n) is 1.93. The number of unbranched alkanes of at least 4 members (excludes halogenated alkanes) is 4. The maximum Gasteiger partial charge on any atom is 0.322 e. The summed E-state index contributed by atoms with van der Waals surface area (Å²) in [6.07, 6.45) is 4.06. The Labute approximate surface area is 118 Å². The van der Waals surface area contributed by atoms with Gasteiger partial charge in [0, 0.05) is 6.42 Å². The van der Waals surface area contributed by atoms with Gasteiger partial charge in [0.15, 0.2) is 5.92 Å². The summed E-state index contributed by atoms with van der Waals surface area (Å²) in [6, 6.07) is 7.33. The molecule has 0 amide bonds. The molecule has 0 aliphatic rings. The highest BCUT2D eigenvalue weighted by Crippen LogP contribution is 2.25. The Morgan fingerprint density at radius 1 is 0.950 bits per heavy atom. The topological polar surface area (TPSA) is 132 Å². The molecule has 104 valence electrons. The van der Waals surface area contributed by atoms with E-state index in [-0.39, 0.29) is 0 Å². The molecule has 0 heterocycles. The van der Waals surface area contributed by atoms with Crippen molar-refractivity contribution in [2.45, 2.75) is 38.5 Å². The molecular weight excluding hydrogens is 256 g/mol. The number of aliphatic carboxylic acids is 1. The van der Waals surface area contributed by atoms with Crippen molar-refractivity contribution in [2.75, 3.05) is 0 Å². The Morgan fingerprint density at radius 3 is 2.05 bits per heavy atom. The molecule has 6 heteroatoms. The highest BCUT2D eigenvalue weighted by molar-refractivity contribution is 5.74. The molecule has 6 nitrogen and oxygen atoms in total. The molecule has 0 aliphatic heterocycles. The van der Waals surface area contributed by atoms with Gasteiger partial charge in [0.2, 0.25) is 0 Å². The lowest BCUT2D eigenvalue weighted by atomic mass is 9.81. The van der Waals surface area contributed by atoms with Gasteiger partial charge in [-0.25, -0.2) is 0 Å². The number of carboxylic acids is 1. The lowest BCUT2D eigenvalue weighted by Crippen LogP contribution is -2.27. The predicted octanol–water partition coefficient (Wildman–Crippen LogP) is 2.35. The van der Waals surface area contributed by atoms with E-state index in [0.717, 1.165) is 19.3 Å². The van der Waals surface area contributed by atoms with Crippen LogP contribution < -0.4 is 0 Å². The predicted molar refractivity (Wildman–Crippen MR) is 68.3 cm³/mol. The summed E-state index contributed by atoms with van der Waals surface area (Å²) in [5.74, 6) is -4.70. The Kier molecular flexibility index (Phi) is 9.03. The first-order chi connectivity index (χ1) is 9.62. The summed E-state index contributed by atoms with van der Waals surface area (Å²) in [6.45, 7) is 0. The third-order valence-corrected chi connectivity index (χ3v) is 3.07. The van der Waals surface area contributed by atoms with Gasteiger partial charge in [-0.15, -0.1) is 0 Å². The largest absolute Gasteiger partial charge is 0.480 e. The maximum atomic E-state index is 10.9. The normalized spacial score (nSPS) is 13.8. The number of nitrogens with zero attached hydrogens (tertiary/aromatic N) is 4. The third kappa shape index (κ3) is 5.85. The lowest BCUT2D eigenvalue weighted by Gasteiger charge is -2.16. The van der Waals surface area contributed by atoms with Crippen LogP contribution in [0.25, 0.3) is 0 Å². The molecule has 3 atom stereocenters. The van der Waals surface area contributed by atoms with Crippen molar-refractivity contribution < 1.29 is 9.90 Å². The second-order valence-corrected chi connectivity index (χ2v) is 4.45. The molecule has 0 rings (SSSR count). The van der Waals surface area contributed by atoms with Crippen LogP contribution in [-0.2, 0) is 4.79 Å². The molecule has 0 saturated heterocycles. The van der Waals surface area contributed by atoms with E-state index < -0.39 is 23.7 Å². The number of carboxylic acid groups (broad SMARTS) is 1. The zero-order chi connectivity index (χ0) is 15.4. The van der Waals surface area contributed by atoms with E-state index in [4.69, 9.17) is 26.2 Å². The van der Waals surface area contributed by atoms with Crippen molar-refractivity contribution in [3.63, 3.8) is 0 Å². The van der Waals surface area contributed by atoms with E-state index in [1.807, 2.05) is 12.1 Å². The maximum absolute atomic E-state index is 10.9. The van der Waals surface area contributed by atoms with Gasteiger partial charge in [-0.3, -0.25) is 4.79 Å². The zero-order valence-electron chi connectivity index (χ0n) is 11.1. The summed E-state index contributed by atoms with van der Waals surface area (Å²) in [5.41, 5.74) is 0. The van der Waals surface area contributed by atoms with Crippen LogP contribution in [0.2, 0.25) is 0 Å². The molecule has 0 spiro atoms. The van der Waals surface area contributed by atoms with Crippen LogP contribution in [0.3, 0.4) is 0 Å². The molecule has 0 aromatic heterocycles. The zero-order valence-corrected chi connectivity index (χ0v) is 11.1. The lowest BCUT2D eigenvalue weighted by molar-refractivity contribution is -0.141. The minimum atomic E-state index is -1.47. The first kappa shape index (κ1) is 17.4. The Balaban J connectivity index is 4.41. The van der Waals surface area contributed by atoms with Crippen LogP contribution in [0.15, 0.2) is 0 Å². The van der Waals surface area contributed by atoms with Crippen molar-refractivity contribution in [1.29, 1.82) is 21.0 Å². The molecule has 0 aromatic carbocycles. The highest BCUT2D eigenvalue weighted by atomic mass is 16.4. The Bertz CT molecular complexity index is 475. The molecular formula is C14H16N4O2. The highest BCUT2D eigenvalue weighted by Gasteiger charge is 2.34. The van der Waals surface area contributed by atoms with Crippen molar-refractivity contribution in [3.05, 3.63) is 0 Å². The quantitative estimate of drug-likeness (QED) is 0.640. The molecule has 0 radical (unpaired) electrons. The summed E-state index contributed by atoms with van der Waals surface area (Å²) in [7, 11) is 0. The monoisotopic (exact) mass is 272 g/mol. The van der Waals surface area contributed by atoms with Crippen molar-refractivity contribution >= 4 is 5.97 Å². The molecule has 0 saturated carbocycles. The SMILES string of the molecule is N#CCCCCCCC(C#N)C(C#N)C(C#N)C(=O)O. The molecule has 0 aromatic rings. The summed E-state index contributed by atoms with van der Waals surface area (Å²) < 4.78 is 0. The van der Waals surface area contributed by atoms with E-state index in [2.05, 4.69) is 0 Å². The first-order valence-electron chi connectivity index (χ1n) is 6.41. The van der Waals surface area contributed by atoms with Crippen LogP contribution in [0.4, 0.5) is 0 Å². The average Bonchev–Trinajstić information content (AvgIpc) is 2.44. The van der Waals surface area contributed by atoms with Gasteiger partial charge >= 0.3 is 5.97 Å². The summed E-state index contributed by atoms with van der Waals surface area (Å²) >= 11 is 0. The second kappa shape index (κ2) is 10.4. The fraction of sp³-hybridized carbons (Fsp3) is 0.643. The molecule has 0 aliphatic carbocycles. The van der Waals surface area contributed by atoms with E-state index in [0.29, 0.717) is 19.3 Å². The average molecular weight is 272 g/mol. The summed E-state index contributed by atoms with van der Waals surface area (Å²) in [4.78, 5) is 10.9. The van der Waals surface area contributed by atoms with Crippen LogP contribution in [0.5, 0.6) is 0 Å². The van der Waals surface area contributed by atoms with Gasteiger partial charge in [0.1, 0.15) is 0 Å². The molecule has 0 fully saturated rings. The minimum Gasteiger partial charge on any atom is -0.480 e. The summed E-state index contributed by atoms with van der Waals surface area (Å²) in [5, 5.41) is 44.1. The fourth-order valence-corrected chi connectivity index (χ4v) is 1.93. The third-order valence-electron chi connectivity index (χ3n) is 3.07. The van der Waals surface area contributed by atoms with E-state index in [1.54, 1.807) is 12.1 Å².